The molecular formula is C9H9FIN. The Hall–Kier alpha value is -0.160. The number of nitrogens with two attached hydrogens (primary N) is 1. The first-order valence-corrected chi connectivity index (χ1v) is 5.00. The number of halogens is 2. The highest BCUT2D eigenvalue weighted by Gasteiger charge is 2.22. The van der Waals surface area contributed by atoms with Crippen LogP contribution in [0.15, 0.2) is 12.1 Å². The van der Waals surface area contributed by atoms with E-state index in [1.165, 1.54) is 11.6 Å². The van der Waals surface area contributed by atoms with Gasteiger partial charge in [-0.25, -0.2) is 4.39 Å². The molecule has 0 heterocycles. The SMILES string of the molecule is N[C@@H]1CCc2ccc(F)c(I)c21. The van der Waals surface area contributed by atoms with Crippen molar-refractivity contribution in [1.82, 2.24) is 0 Å². The fraction of sp³-hybridized carbons (Fsp3) is 0.333. The van der Waals surface area contributed by atoms with Crippen molar-refractivity contribution in [2.45, 2.75) is 18.9 Å². The molecule has 1 aromatic carbocycles. The third-order valence-corrected chi connectivity index (χ3v) is 3.41. The van der Waals surface area contributed by atoms with Gasteiger partial charge in [0.2, 0.25) is 0 Å². The number of hydrogen-bond acceptors (Lipinski definition) is 1. The molecule has 1 aromatic rings. The van der Waals surface area contributed by atoms with Crippen molar-refractivity contribution >= 4 is 22.6 Å². The molecule has 12 heavy (non-hydrogen) atoms. The van der Waals surface area contributed by atoms with E-state index in [1.54, 1.807) is 0 Å². The molecule has 0 aliphatic heterocycles. The fourth-order valence-corrected chi connectivity index (χ4v) is 2.61. The van der Waals surface area contributed by atoms with Crippen molar-refractivity contribution in [3.63, 3.8) is 0 Å². The Bertz CT molecular complexity index is 325. The molecule has 1 nitrogen and oxygen atoms in total. The maximum Gasteiger partial charge on any atom is 0.136 e. The largest absolute Gasteiger partial charge is 0.324 e. The van der Waals surface area contributed by atoms with Crippen LogP contribution in [-0.2, 0) is 6.42 Å². The highest BCUT2D eigenvalue weighted by atomic mass is 127. The van der Waals surface area contributed by atoms with Gasteiger partial charge in [-0.1, -0.05) is 6.07 Å². The maximum atomic E-state index is 13.1. The Morgan fingerprint density at radius 2 is 2.25 bits per heavy atom. The summed E-state index contributed by atoms with van der Waals surface area (Å²) in [7, 11) is 0. The quantitative estimate of drug-likeness (QED) is 0.724. The van der Waals surface area contributed by atoms with Crippen LogP contribution < -0.4 is 5.73 Å². The van der Waals surface area contributed by atoms with E-state index in [0.717, 1.165) is 18.4 Å². The molecule has 1 atom stereocenters. The van der Waals surface area contributed by atoms with E-state index in [2.05, 4.69) is 0 Å². The van der Waals surface area contributed by atoms with Crippen LogP contribution in [0.5, 0.6) is 0 Å². The predicted molar refractivity (Wildman–Crippen MR) is 54.4 cm³/mol. The van der Waals surface area contributed by atoms with Gasteiger partial charge in [-0.3, -0.25) is 0 Å². The zero-order chi connectivity index (χ0) is 8.72. The highest BCUT2D eigenvalue weighted by Crippen LogP contribution is 2.33. The molecular weight excluding hydrogens is 268 g/mol. The Morgan fingerprint density at radius 3 is 3.00 bits per heavy atom. The van der Waals surface area contributed by atoms with Crippen molar-refractivity contribution in [3.8, 4) is 0 Å². The van der Waals surface area contributed by atoms with Gasteiger partial charge in [0.25, 0.3) is 0 Å². The Balaban J connectivity index is 2.63. The van der Waals surface area contributed by atoms with Crippen LogP contribution in [0.25, 0.3) is 0 Å². The second kappa shape index (κ2) is 2.96. The summed E-state index contributed by atoms with van der Waals surface area (Å²) in [5, 5.41) is 0. The molecule has 0 saturated heterocycles. The first-order chi connectivity index (χ1) is 5.70. The van der Waals surface area contributed by atoms with E-state index in [0.29, 0.717) is 3.57 Å². The lowest BCUT2D eigenvalue weighted by Gasteiger charge is -2.07. The average molecular weight is 277 g/mol. The number of fused-ring (bicyclic) bond motifs is 1. The molecule has 0 aromatic heterocycles. The highest BCUT2D eigenvalue weighted by molar-refractivity contribution is 14.1. The minimum Gasteiger partial charge on any atom is -0.324 e. The molecule has 2 N–H and O–H groups in total. The van der Waals surface area contributed by atoms with Gasteiger partial charge in [-0.2, -0.15) is 0 Å². The van der Waals surface area contributed by atoms with Crippen molar-refractivity contribution in [3.05, 3.63) is 32.6 Å². The number of aryl methyl sites for hydroxylation is 1. The second-order valence-electron chi connectivity index (χ2n) is 3.08. The van der Waals surface area contributed by atoms with Gasteiger partial charge in [0.05, 0.1) is 3.57 Å². The van der Waals surface area contributed by atoms with Crippen LogP contribution in [0, 0.1) is 9.39 Å². The van der Waals surface area contributed by atoms with Gasteiger partial charge in [-0.05, 0) is 52.6 Å². The van der Waals surface area contributed by atoms with Crippen molar-refractivity contribution in [2.75, 3.05) is 0 Å². The first kappa shape index (κ1) is 8.44. The molecule has 3 heteroatoms. The Labute approximate surface area is 84.3 Å². The van der Waals surface area contributed by atoms with E-state index >= 15 is 0 Å². The molecule has 0 spiro atoms. The molecule has 0 fully saturated rings. The van der Waals surface area contributed by atoms with E-state index in [9.17, 15) is 4.39 Å². The number of rotatable bonds is 0. The van der Waals surface area contributed by atoms with Crippen LogP contribution in [-0.4, -0.2) is 0 Å². The van der Waals surface area contributed by atoms with Gasteiger partial charge in [-0.15, -0.1) is 0 Å². The van der Waals surface area contributed by atoms with E-state index < -0.39 is 0 Å². The maximum absolute atomic E-state index is 13.1. The zero-order valence-corrected chi connectivity index (χ0v) is 8.64. The molecule has 0 amide bonds. The lowest BCUT2D eigenvalue weighted by atomic mass is 10.1. The summed E-state index contributed by atoms with van der Waals surface area (Å²) in [5.41, 5.74) is 8.08. The molecule has 0 unspecified atom stereocenters. The summed E-state index contributed by atoms with van der Waals surface area (Å²) in [6.07, 6.45) is 1.95. The molecule has 0 saturated carbocycles. The third-order valence-electron chi connectivity index (χ3n) is 2.32. The molecule has 0 radical (unpaired) electrons. The summed E-state index contributed by atoms with van der Waals surface area (Å²) in [5.74, 6) is -0.147. The molecule has 1 aliphatic rings. The Morgan fingerprint density at radius 1 is 1.50 bits per heavy atom. The van der Waals surface area contributed by atoms with Crippen molar-refractivity contribution in [1.29, 1.82) is 0 Å². The summed E-state index contributed by atoms with van der Waals surface area (Å²) in [4.78, 5) is 0. The normalized spacial score (nSPS) is 21.1. The predicted octanol–water partition coefficient (Wildman–Crippen LogP) is 2.38. The number of hydrogen-bond donors (Lipinski definition) is 1. The van der Waals surface area contributed by atoms with E-state index in [-0.39, 0.29) is 11.9 Å². The van der Waals surface area contributed by atoms with Crippen LogP contribution in [0.1, 0.15) is 23.6 Å². The van der Waals surface area contributed by atoms with Gasteiger partial charge in [0.1, 0.15) is 5.82 Å². The summed E-state index contributed by atoms with van der Waals surface area (Å²) in [6.45, 7) is 0. The monoisotopic (exact) mass is 277 g/mol. The second-order valence-corrected chi connectivity index (χ2v) is 4.16. The third kappa shape index (κ3) is 1.15. The topological polar surface area (TPSA) is 26.0 Å². The fourth-order valence-electron chi connectivity index (χ4n) is 1.68. The minimum absolute atomic E-state index is 0.0441. The minimum atomic E-state index is -0.147. The van der Waals surface area contributed by atoms with Crippen LogP contribution >= 0.6 is 22.6 Å². The van der Waals surface area contributed by atoms with Crippen molar-refractivity contribution < 1.29 is 4.39 Å². The average Bonchev–Trinajstić information content (AvgIpc) is 2.41. The lowest BCUT2D eigenvalue weighted by Crippen LogP contribution is -2.07. The van der Waals surface area contributed by atoms with Gasteiger partial charge < -0.3 is 5.73 Å². The molecule has 1 aliphatic carbocycles. The van der Waals surface area contributed by atoms with Gasteiger partial charge in [0, 0.05) is 6.04 Å². The standard InChI is InChI=1S/C9H9FIN/c10-6-3-1-5-2-4-7(12)8(5)9(6)11/h1,3,7H,2,4,12H2/t7-/m1/s1. The van der Waals surface area contributed by atoms with Crippen LogP contribution in [0.3, 0.4) is 0 Å². The summed E-state index contributed by atoms with van der Waals surface area (Å²) < 4.78 is 13.8. The zero-order valence-electron chi connectivity index (χ0n) is 6.48. The lowest BCUT2D eigenvalue weighted by molar-refractivity contribution is 0.613. The smallest absolute Gasteiger partial charge is 0.136 e. The van der Waals surface area contributed by atoms with Gasteiger partial charge in [0.15, 0.2) is 0 Å². The number of benzene rings is 1. The molecule has 0 bridgehead atoms. The van der Waals surface area contributed by atoms with E-state index in [1.807, 2.05) is 28.7 Å². The molecule has 2 rings (SSSR count). The van der Waals surface area contributed by atoms with Crippen LogP contribution in [0.4, 0.5) is 4.39 Å². The summed E-state index contributed by atoms with van der Waals surface area (Å²) >= 11 is 2.03. The first-order valence-electron chi connectivity index (χ1n) is 3.92. The Kier molecular flexibility index (Phi) is 2.08. The van der Waals surface area contributed by atoms with Crippen molar-refractivity contribution in [2.24, 2.45) is 5.73 Å². The van der Waals surface area contributed by atoms with Gasteiger partial charge >= 0.3 is 0 Å². The van der Waals surface area contributed by atoms with E-state index in [4.69, 9.17) is 5.73 Å². The molecule has 64 valence electrons. The summed E-state index contributed by atoms with van der Waals surface area (Å²) in [6, 6.07) is 3.42. The van der Waals surface area contributed by atoms with Crippen LogP contribution in [0.2, 0.25) is 0 Å².